The lowest BCUT2D eigenvalue weighted by atomic mass is 10.1. The fraction of sp³-hybridized carbons (Fsp3) is 0.273. The molecule has 0 saturated heterocycles. The molecule has 0 saturated carbocycles. The first kappa shape index (κ1) is 12.2. The maximum absolute atomic E-state index is 10.7. The van der Waals surface area contributed by atoms with Crippen molar-refractivity contribution in [2.24, 2.45) is 5.73 Å². The maximum Gasteiger partial charge on any atom is 0.273 e. The molecule has 0 radical (unpaired) electrons. The van der Waals surface area contributed by atoms with Crippen LogP contribution in [0.1, 0.15) is 12.0 Å². The number of methoxy groups -OCH3 is 1. The number of ether oxygens (including phenoxy) is 1. The summed E-state index contributed by atoms with van der Waals surface area (Å²) < 4.78 is 4.99. The Labute approximate surface area is 93.7 Å². The lowest BCUT2D eigenvalue weighted by Gasteiger charge is -2.01. The molecule has 0 atom stereocenters. The van der Waals surface area contributed by atoms with E-state index in [-0.39, 0.29) is 5.69 Å². The standard InChI is InChI=1S/C11H14N2O3/c1-16-11-7-9(4-2-3-5-12)6-10(8-11)13(14)15/h2,4,6-8H,3,5,12H2,1H3. The van der Waals surface area contributed by atoms with E-state index in [4.69, 9.17) is 10.5 Å². The van der Waals surface area contributed by atoms with Gasteiger partial charge in [-0.1, -0.05) is 12.2 Å². The van der Waals surface area contributed by atoms with Crippen LogP contribution in [0.25, 0.3) is 6.08 Å². The molecule has 1 aromatic rings. The molecule has 16 heavy (non-hydrogen) atoms. The van der Waals surface area contributed by atoms with Crippen molar-refractivity contribution in [2.75, 3.05) is 13.7 Å². The van der Waals surface area contributed by atoms with Crippen LogP contribution in [0.5, 0.6) is 5.75 Å². The summed E-state index contributed by atoms with van der Waals surface area (Å²) in [7, 11) is 1.48. The van der Waals surface area contributed by atoms with Crippen molar-refractivity contribution >= 4 is 11.8 Å². The predicted molar refractivity (Wildman–Crippen MR) is 62.4 cm³/mol. The molecule has 5 heteroatoms. The van der Waals surface area contributed by atoms with Crippen LogP contribution in [0, 0.1) is 10.1 Å². The van der Waals surface area contributed by atoms with Gasteiger partial charge in [0.05, 0.1) is 18.1 Å². The van der Waals surface area contributed by atoms with Gasteiger partial charge in [0, 0.05) is 6.07 Å². The molecule has 0 amide bonds. The second kappa shape index (κ2) is 5.87. The molecule has 0 aromatic heterocycles. The summed E-state index contributed by atoms with van der Waals surface area (Å²) in [5.41, 5.74) is 6.10. The quantitative estimate of drug-likeness (QED) is 0.610. The Balaban J connectivity index is 2.99. The number of benzene rings is 1. The number of hydrogen-bond donors (Lipinski definition) is 1. The van der Waals surface area contributed by atoms with Crippen molar-refractivity contribution in [3.8, 4) is 5.75 Å². The lowest BCUT2D eigenvalue weighted by Crippen LogP contribution is -1.95. The second-order valence-corrected chi connectivity index (χ2v) is 3.20. The number of nitro groups is 1. The van der Waals surface area contributed by atoms with Crippen LogP contribution < -0.4 is 10.5 Å². The highest BCUT2D eigenvalue weighted by molar-refractivity contribution is 5.57. The van der Waals surface area contributed by atoms with Crippen molar-refractivity contribution in [1.82, 2.24) is 0 Å². The van der Waals surface area contributed by atoms with Crippen molar-refractivity contribution < 1.29 is 9.66 Å². The van der Waals surface area contributed by atoms with Crippen LogP contribution in [-0.4, -0.2) is 18.6 Å². The van der Waals surface area contributed by atoms with Crippen LogP contribution in [-0.2, 0) is 0 Å². The highest BCUT2D eigenvalue weighted by atomic mass is 16.6. The second-order valence-electron chi connectivity index (χ2n) is 3.20. The molecule has 5 nitrogen and oxygen atoms in total. The Morgan fingerprint density at radius 3 is 2.81 bits per heavy atom. The maximum atomic E-state index is 10.7. The molecular weight excluding hydrogens is 208 g/mol. The first-order chi connectivity index (χ1) is 7.67. The van der Waals surface area contributed by atoms with E-state index in [1.165, 1.54) is 19.2 Å². The number of nitrogens with two attached hydrogens (primary N) is 1. The summed E-state index contributed by atoms with van der Waals surface area (Å²) in [4.78, 5) is 10.2. The molecule has 0 fully saturated rings. The van der Waals surface area contributed by atoms with Gasteiger partial charge in [-0.05, 0) is 24.6 Å². The van der Waals surface area contributed by atoms with Gasteiger partial charge in [-0.15, -0.1) is 0 Å². The summed E-state index contributed by atoms with van der Waals surface area (Å²) in [6.45, 7) is 0.558. The summed E-state index contributed by atoms with van der Waals surface area (Å²) >= 11 is 0. The largest absolute Gasteiger partial charge is 0.496 e. The van der Waals surface area contributed by atoms with E-state index in [0.717, 1.165) is 12.0 Å². The van der Waals surface area contributed by atoms with Crippen LogP contribution in [0.15, 0.2) is 24.3 Å². The van der Waals surface area contributed by atoms with Gasteiger partial charge in [-0.3, -0.25) is 10.1 Å². The van der Waals surface area contributed by atoms with Gasteiger partial charge in [0.25, 0.3) is 5.69 Å². The van der Waals surface area contributed by atoms with E-state index >= 15 is 0 Å². The molecule has 0 heterocycles. The van der Waals surface area contributed by atoms with E-state index in [1.807, 2.05) is 6.08 Å². The summed E-state index contributed by atoms with van der Waals surface area (Å²) in [5, 5.41) is 10.7. The van der Waals surface area contributed by atoms with E-state index in [2.05, 4.69) is 0 Å². The number of nitrogens with zero attached hydrogens (tertiary/aromatic N) is 1. The smallest absolute Gasteiger partial charge is 0.273 e. The summed E-state index contributed by atoms with van der Waals surface area (Å²) in [6.07, 6.45) is 4.41. The van der Waals surface area contributed by atoms with Gasteiger partial charge in [-0.2, -0.15) is 0 Å². The SMILES string of the molecule is COc1cc(C=CCCN)cc([N+](=O)[O-])c1. The zero-order valence-corrected chi connectivity index (χ0v) is 9.05. The van der Waals surface area contributed by atoms with Crippen LogP contribution in [0.4, 0.5) is 5.69 Å². The molecular formula is C11H14N2O3. The Morgan fingerprint density at radius 1 is 1.50 bits per heavy atom. The molecule has 1 aromatic carbocycles. The summed E-state index contributed by atoms with van der Waals surface area (Å²) in [6, 6.07) is 4.62. The zero-order valence-electron chi connectivity index (χ0n) is 9.05. The fourth-order valence-corrected chi connectivity index (χ4v) is 1.24. The summed E-state index contributed by atoms with van der Waals surface area (Å²) in [5.74, 6) is 0.474. The average molecular weight is 222 g/mol. The molecule has 0 aliphatic carbocycles. The third-order valence-electron chi connectivity index (χ3n) is 2.00. The minimum absolute atomic E-state index is 0.0201. The average Bonchev–Trinajstić information content (AvgIpc) is 2.29. The highest BCUT2D eigenvalue weighted by Crippen LogP contribution is 2.23. The molecule has 0 bridgehead atoms. The predicted octanol–water partition coefficient (Wildman–Crippen LogP) is 1.97. The van der Waals surface area contributed by atoms with Crippen molar-refractivity contribution in [2.45, 2.75) is 6.42 Å². The Bertz CT molecular complexity index is 402. The van der Waals surface area contributed by atoms with Crippen molar-refractivity contribution in [3.63, 3.8) is 0 Å². The van der Waals surface area contributed by atoms with Gasteiger partial charge in [0.2, 0.25) is 0 Å². The third kappa shape index (κ3) is 3.36. The topological polar surface area (TPSA) is 78.4 Å². The number of non-ortho nitro benzene ring substituents is 1. The highest BCUT2D eigenvalue weighted by Gasteiger charge is 2.08. The van der Waals surface area contributed by atoms with Crippen molar-refractivity contribution in [3.05, 3.63) is 40.0 Å². The Hall–Kier alpha value is -1.88. The van der Waals surface area contributed by atoms with E-state index in [9.17, 15) is 10.1 Å². The fourth-order valence-electron chi connectivity index (χ4n) is 1.24. The Kier molecular flexibility index (Phi) is 4.47. The van der Waals surface area contributed by atoms with Gasteiger partial charge in [0.15, 0.2) is 0 Å². The first-order valence-corrected chi connectivity index (χ1v) is 4.87. The number of rotatable bonds is 5. The monoisotopic (exact) mass is 222 g/mol. The normalized spacial score (nSPS) is 10.6. The van der Waals surface area contributed by atoms with Crippen LogP contribution in [0.2, 0.25) is 0 Å². The van der Waals surface area contributed by atoms with Gasteiger partial charge < -0.3 is 10.5 Å². The first-order valence-electron chi connectivity index (χ1n) is 4.87. The molecule has 0 aliphatic heterocycles. The minimum atomic E-state index is -0.442. The van der Waals surface area contributed by atoms with Crippen LogP contribution in [0.3, 0.4) is 0 Å². The minimum Gasteiger partial charge on any atom is -0.496 e. The van der Waals surface area contributed by atoms with E-state index in [1.54, 1.807) is 12.1 Å². The molecule has 0 unspecified atom stereocenters. The van der Waals surface area contributed by atoms with Gasteiger partial charge >= 0.3 is 0 Å². The molecule has 1 rings (SSSR count). The van der Waals surface area contributed by atoms with E-state index < -0.39 is 4.92 Å². The number of nitro benzene ring substituents is 1. The number of hydrogen-bond acceptors (Lipinski definition) is 4. The van der Waals surface area contributed by atoms with Gasteiger partial charge in [0.1, 0.15) is 5.75 Å². The molecule has 2 N–H and O–H groups in total. The lowest BCUT2D eigenvalue weighted by molar-refractivity contribution is -0.384. The van der Waals surface area contributed by atoms with Crippen molar-refractivity contribution in [1.29, 1.82) is 0 Å². The third-order valence-corrected chi connectivity index (χ3v) is 2.00. The zero-order chi connectivity index (χ0) is 12.0. The van der Waals surface area contributed by atoms with Gasteiger partial charge in [-0.25, -0.2) is 0 Å². The molecule has 0 spiro atoms. The Morgan fingerprint density at radius 2 is 2.25 bits per heavy atom. The van der Waals surface area contributed by atoms with Crippen LogP contribution >= 0.6 is 0 Å². The molecule has 0 aliphatic rings. The molecule has 86 valence electrons. The van der Waals surface area contributed by atoms with E-state index in [0.29, 0.717) is 12.3 Å².